The van der Waals surface area contributed by atoms with Crippen LogP contribution >= 0.6 is 24.8 Å². The highest BCUT2D eigenvalue weighted by Crippen LogP contribution is 2.33. The topological polar surface area (TPSA) is 93.1 Å². The van der Waals surface area contributed by atoms with Crippen LogP contribution in [0.5, 0.6) is 0 Å². The van der Waals surface area contributed by atoms with Gasteiger partial charge in [0.15, 0.2) is 0 Å². The third kappa shape index (κ3) is 6.78. The van der Waals surface area contributed by atoms with Crippen LogP contribution in [0.15, 0.2) is 24.3 Å². The van der Waals surface area contributed by atoms with Crippen molar-refractivity contribution in [3.63, 3.8) is 0 Å². The largest absolute Gasteiger partial charge is 0.416 e. The lowest BCUT2D eigenvalue weighted by atomic mass is 10.1. The van der Waals surface area contributed by atoms with E-state index in [1.807, 2.05) is 13.0 Å². The van der Waals surface area contributed by atoms with E-state index in [2.05, 4.69) is 20.2 Å². The highest BCUT2D eigenvalue weighted by Gasteiger charge is 2.31. The molecule has 0 amide bonds. The number of anilines is 4. The lowest BCUT2D eigenvalue weighted by molar-refractivity contribution is -0.137. The van der Waals surface area contributed by atoms with Gasteiger partial charge in [0.25, 0.3) is 0 Å². The fourth-order valence-electron chi connectivity index (χ4n) is 3.32. The molecule has 0 bridgehead atoms. The predicted octanol–water partition coefficient (Wildman–Crippen LogP) is 4.54. The molecule has 1 atom stereocenters. The maximum absolute atomic E-state index is 13.1. The summed E-state index contributed by atoms with van der Waals surface area (Å²) in [6, 6.07) is 5.34. The van der Waals surface area contributed by atoms with Gasteiger partial charge in [-0.15, -0.1) is 24.8 Å². The van der Waals surface area contributed by atoms with Crippen LogP contribution < -0.4 is 21.7 Å². The normalized spacial score (nSPS) is 16.4. The molecule has 1 fully saturated rings. The number of nitrogens with one attached hydrogen (secondary N) is 1. The molecule has 168 valence electrons. The Bertz CT molecular complexity index is 834. The van der Waals surface area contributed by atoms with Crippen LogP contribution in [0.3, 0.4) is 0 Å². The van der Waals surface area contributed by atoms with E-state index in [-0.39, 0.29) is 48.2 Å². The second kappa shape index (κ2) is 10.9. The summed E-state index contributed by atoms with van der Waals surface area (Å²) in [4.78, 5) is 11.1. The van der Waals surface area contributed by atoms with Crippen LogP contribution in [0.2, 0.25) is 0 Å². The smallest absolute Gasteiger partial charge is 0.399 e. The molecule has 3 rings (SSSR count). The Hall–Kier alpha value is -1.97. The lowest BCUT2D eigenvalue weighted by Gasteiger charge is -2.32. The number of nitrogen functional groups attached to an aromatic ring is 1. The first-order valence-electron chi connectivity index (χ1n) is 9.38. The number of rotatable bonds is 5. The van der Waals surface area contributed by atoms with E-state index in [0.717, 1.165) is 55.9 Å². The molecule has 1 aromatic carbocycles. The lowest BCUT2D eigenvalue weighted by Crippen LogP contribution is -2.43. The van der Waals surface area contributed by atoms with Gasteiger partial charge in [0, 0.05) is 42.3 Å². The molecule has 1 saturated heterocycles. The molecule has 2 aromatic rings. The Morgan fingerprint density at radius 1 is 1.17 bits per heavy atom. The highest BCUT2D eigenvalue weighted by atomic mass is 35.5. The molecule has 0 aliphatic carbocycles. The first kappa shape index (κ1) is 26.1. The summed E-state index contributed by atoms with van der Waals surface area (Å²) >= 11 is 0. The van der Waals surface area contributed by atoms with Gasteiger partial charge in [0.1, 0.15) is 5.82 Å². The number of nitrogens with two attached hydrogens (primary N) is 2. The fraction of sp³-hybridized carbons (Fsp3) is 0.474. The maximum atomic E-state index is 13.1. The van der Waals surface area contributed by atoms with Gasteiger partial charge in [0.2, 0.25) is 5.95 Å². The van der Waals surface area contributed by atoms with Crippen LogP contribution in [-0.2, 0) is 12.6 Å². The van der Waals surface area contributed by atoms with E-state index in [0.29, 0.717) is 6.54 Å². The van der Waals surface area contributed by atoms with Crippen molar-refractivity contribution in [1.82, 2.24) is 9.97 Å². The third-order valence-corrected chi connectivity index (χ3v) is 4.59. The molecule has 1 aliphatic heterocycles. The second-order valence-electron chi connectivity index (χ2n) is 7.11. The molecule has 0 radical (unpaired) electrons. The first-order chi connectivity index (χ1) is 13.2. The standard InChI is InChI=1S/C19H25F3N6.2ClH/c1-2-4-15-10-17(28-6-3-5-13(23)11-28)27-18(25-15)26-16-8-12(19(20,21)22)7-14(24)9-16;;/h7-10,13H,2-6,11,23-24H2,1H3,(H,25,26,27);2*1H/t13-;;/m1../s1. The molecule has 30 heavy (non-hydrogen) atoms. The van der Waals surface area contributed by atoms with Crippen molar-refractivity contribution in [3.8, 4) is 0 Å². The van der Waals surface area contributed by atoms with Gasteiger partial charge >= 0.3 is 6.18 Å². The van der Waals surface area contributed by atoms with E-state index in [4.69, 9.17) is 11.5 Å². The zero-order valence-corrected chi connectivity index (χ0v) is 18.2. The molecule has 5 N–H and O–H groups in total. The Morgan fingerprint density at radius 2 is 1.90 bits per heavy atom. The summed E-state index contributed by atoms with van der Waals surface area (Å²) in [5.74, 6) is 0.981. The maximum Gasteiger partial charge on any atom is 0.416 e. The monoisotopic (exact) mass is 466 g/mol. The summed E-state index contributed by atoms with van der Waals surface area (Å²) < 4.78 is 39.2. The van der Waals surface area contributed by atoms with Gasteiger partial charge in [-0.2, -0.15) is 18.2 Å². The van der Waals surface area contributed by atoms with Gasteiger partial charge < -0.3 is 21.7 Å². The van der Waals surface area contributed by atoms with Gasteiger partial charge in [-0.1, -0.05) is 13.3 Å². The minimum Gasteiger partial charge on any atom is -0.399 e. The first-order valence-corrected chi connectivity index (χ1v) is 9.38. The summed E-state index contributed by atoms with van der Waals surface area (Å²) in [5.41, 5.74) is 11.9. The van der Waals surface area contributed by atoms with E-state index >= 15 is 0 Å². The summed E-state index contributed by atoms with van der Waals surface area (Å²) in [5, 5.41) is 2.89. The zero-order chi connectivity index (χ0) is 20.3. The Balaban J connectivity index is 0.00000225. The Labute approximate surface area is 186 Å². The molecule has 0 saturated carbocycles. The Kier molecular flexibility index (Phi) is 9.45. The highest BCUT2D eigenvalue weighted by molar-refractivity contribution is 5.85. The van der Waals surface area contributed by atoms with Crippen molar-refractivity contribution >= 4 is 48.0 Å². The summed E-state index contributed by atoms with van der Waals surface area (Å²) in [7, 11) is 0. The summed E-state index contributed by atoms with van der Waals surface area (Å²) in [6.07, 6.45) is -0.897. The number of benzene rings is 1. The molecule has 1 aliphatic rings. The predicted molar refractivity (Wildman–Crippen MR) is 119 cm³/mol. The van der Waals surface area contributed by atoms with Gasteiger partial charge in [0.05, 0.1) is 5.56 Å². The van der Waals surface area contributed by atoms with E-state index in [1.165, 1.54) is 6.07 Å². The molecule has 2 heterocycles. The number of aryl methyl sites for hydroxylation is 1. The minimum atomic E-state index is -4.48. The van der Waals surface area contributed by atoms with Crippen molar-refractivity contribution < 1.29 is 13.2 Å². The SMILES string of the molecule is CCCc1cc(N2CCC[C@@H](N)C2)nc(Nc2cc(N)cc(C(F)(F)F)c2)n1.Cl.Cl. The molecular weight excluding hydrogens is 440 g/mol. The fourth-order valence-corrected chi connectivity index (χ4v) is 3.32. The molecule has 0 spiro atoms. The van der Waals surface area contributed by atoms with Gasteiger partial charge in [-0.25, -0.2) is 4.98 Å². The number of halogens is 5. The number of piperidine rings is 1. The van der Waals surface area contributed by atoms with Crippen LogP contribution in [-0.4, -0.2) is 29.1 Å². The second-order valence-corrected chi connectivity index (χ2v) is 7.11. The Morgan fingerprint density at radius 3 is 2.53 bits per heavy atom. The van der Waals surface area contributed by atoms with Crippen molar-refractivity contribution in [2.75, 3.05) is 29.0 Å². The molecular formula is C19H27Cl2F3N6. The van der Waals surface area contributed by atoms with E-state index < -0.39 is 11.7 Å². The minimum absolute atomic E-state index is 0. The van der Waals surface area contributed by atoms with Crippen molar-refractivity contribution in [3.05, 3.63) is 35.5 Å². The third-order valence-electron chi connectivity index (χ3n) is 4.59. The average Bonchev–Trinajstić information content (AvgIpc) is 2.60. The van der Waals surface area contributed by atoms with Crippen molar-refractivity contribution in [2.24, 2.45) is 5.73 Å². The quantitative estimate of drug-likeness (QED) is 0.559. The molecule has 6 nitrogen and oxygen atoms in total. The van der Waals surface area contributed by atoms with Crippen molar-refractivity contribution in [2.45, 2.75) is 44.8 Å². The van der Waals surface area contributed by atoms with Crippen molar-refractivity contribution in [1.29, 1.82) is 0 Å². The number of nitrogens with zero attached hydrogens (tertiary/aromatic N) is 3. The number of alkyl halides is 3. The van der Waals surface area contributed by atoms with Gasteiger partial charge in [-0.05, 0) is 37.5 Å². The zero-order valence-electron chi connectivity index (χ0n) is 16.6. The van der Waals surface area contributed by atoms with E-state index in [1.54, 1.807) is 0 Å². The number of hydrogen-bond donors (Lipinski definition) is 3. The summed E-state index contributed by atoms with van der Waals surface area (Å²) in [6.45, 7) is 3.57. The van der Waals surface area contributed by atoms with E-state index in [9.17, 15) is 13.2 Å². The average molecular weight is 467 g/mol. The van der Waals surface area contributed by atoms with Gasteiger partial charge in [-0.3, -0.25) is 0 Å². The van der Waals surface area contributed by atoms with Crippen LogP contribution in [0.4, 0.5) is 36.3 Å². The molecule has 0 unspecified atom stereocenters. The van der Waals surface area contributed by atoms with Crippen LogP contribution in [0.1, 0.15) is 37.4 Å². The van der Waals surface area contributed by atoms with Crippen LogP contribution in [0.25, 0.3) is 0 Å². The molecule has 11 heteroatoms. The number of aromatic nitrogens is 2. The molecule has 1 aromatic heterocycles. The number of hydrogen-bond acceptors (Lipinski definition) is 6. The van der Waals surface area contributed by atoms with Crippen LogP contribution in [0, 0.1) is 0 Å².